The Labute approximate surface area is 820 Å². The lowest BCUT2D eigenvalue weighted by Crippen LogP contribution is -2.21. The second-order valence-electron chi connectivity index (χ2n) is 34.6. The number of carbonyl (C=O) groups excluding carboxylic acids is 6. The maximum Gasteiger partial charge on any atom is 0.275 e. The first-order valence-electron chi connectivity index (χ1n) is 47.6. The molecule has 1 aliphatic heterocycles. The number of hydrogen-bond donors (Lipinski definition) is 6. The number of carbonyl (C=O) groups is 6. The molecule has 3 aliphatic carbocycles. The molecule has 1 saturated carbocycles. The van der Waals surface area contributed by atoms with Gasteiger partial charge >= 0.3 is 0 Å². The molecule has 26 heteroatoms. The Morgan fingerprint density at radius 1 is 0.357 bits per heavy atom. The van der Waals surface area contributed by atoms with Gasteiger partial charge in [-0.1, -0.05) is 201 Å². The van der Waals surface area contributed by atoms with Gasteiger partial charge in [-0.2, -0.15) is 0 Å². The molecule has 0 atom stereocenters. The van der Waals surface area contributed by atoms with Crippen molar-refractivity contribution in [1.82, 2.24) is 62.7 Å². The number of hydrogen-bond acceptors (Lipinski definition) is 15. The number of amides is 6. The molecule has 4 aliphatic rings. The zero-order valence-corrected chi connectivity index (χ0v) is 79.4. The number of thioether (sulfide) groups is 1. The van der Waals surface area contributed by atoms with E-state index in [4.69, 9.17) is 0 Å². The van der Waals surface area contributed by atoms with Crippen LogP contribution < -0.4 is 31.9 Å². The van der Waals surface area contributed by atoms with E-state index in [1.165, 1.54) is 73.2 Å². The van der Waals surface area contributed by atoms with Crippen LogP contribution in [0.3, 0.4) is 0 Å². The number of benzene rings is 9. The van der Waals surface area contributed by atoms with Crippen LogP contribution in [0, 0.1) is 13.8 Å². The van der Waals surface area contributed by atoms with E-state index in [9.17, 15) is 28.8 Å². The first-order valence-corrected chi connectivity index (χ1v) is 48.5. The van der Waals surface area contributed by atoms with Gasteiger partial charge in [0.1, 0.15) is 55.2 Å². The zero-order valence-electron chi connectivity index (χ0n) is 78.6. The molecule has 0 radical (unpaired) electrons. The molecule has 8 aromatic heterocycles. The van der Waals surface area contributed by atoms with Crippen molar-refractivity contribution in [3.8, 4) is 55.6 Å². The molecule has 9 aromatic carbocycles. The minimum absolute atomic E-state index is 0.0155. The van der Waals surface area contributed by atoms with Crippen molar-refractivity contribution in [2.75, 3.05) is 31.9 Å². The summed E-state index contributed by atoms with van der Waals surface area (Å²) in [6, 6.07) is 93.8. The van der Waals surface area contributed by atoms with Crippen LogP contribution in [0.2, 0.25) is 0 Å². The molecule has 9 heterocycles. The fourth-order valence-corrected chi connectivity index (χ4v) is 18.3. The summed E-state index contributed by atoms with van der Waals surface area (Å²) in [6.07, 6.45) is 36.9. The van der Waals surface area contributed by atoms with Crippen LogP contribution in [0.15, 0.2) is 359 Å². The summed E-state index contributed by atoms with van der Waals surface area (Å²) in [6.45, 7) is 5.91. The van der Waals surface area contributed by atoms with Crippen molar-refractivity contribution in [3.05, 3.63) is 405 Å². The lowest BCUT2D eigenvalue weighted by atomic mass is 10.0. The summed E-state index contributed by atoms with van der Waals surface area (Å²) < 4.78 is 9.58. The first kappa shape index (κ1) is 96.8. The van der Waals surface area contributed by atoms with Gasteiger partial charge in [0.15, 0.2) is 0 Å². The monoisotopic (exact) mass is 1880 g/mol. The van der Waals surface area contributed by atoms with Crippen molar-refractivity contribution >= 4 is 81.6 Å². The molecule has 0 saturated heterocycles. The highest BCUT2D eigenvalue weighted by Crippen LogP contribution is 2.36. The summed E-state index contributed by atoms with van der Waals surface area (Å²) in [4.78, 5) is 108. The zero-order chi connectivity index (χ0) is 96.4. The molecule has 0 bridgehead atoms. The van der Waals surface area contributed by atoms with E-state index < -0.39 is 0 Å². The van der Waals surface area contributed by atoms with Gasteiger partial charge in [0.2, 0.25) is 29.5 Å². The largest absolute Gasteiger partial charge is 0.334 e. The van der Waals surface area contributed by atoms with Crippen LogP contribution in [0.25, 0.3) is 55.6 Å². The highest BCUT2D eigenvalue weighted by Gasteiger charge is 2.23. The molecule has 706 valence electrons. The Morgan fingerprint density at radius 3 is 1.30 bits per heavy atom. The average Bonchev–Trinajstić information content (AvgIpc) is 1.61. The van der Waals surface area contributed by atoms with Crippen LogP contribution in [-0.4, -0.2) is 103 Å². The quantitative estimate of drug-likeness (QED) is 0.0328. The summed E-state index contributed by atoms with van der Waals surface area (Å²) in [5.41, 5.74) is 21.5. The minimum Gasteiger partial charge on any atom is -0.334 e. The number of pyridine rings is 3. The number of imidazole rings is 5. The number of rotatable bonds is 24. The van der Waals surface area contributed by atoms with Crippen LogP contribution in [-0.2, 0) is 95.2 Å². The van der Waals surface area contributed by atoms with Crippen LogP contribution >= 0.6 is 11.8 Å². The number of nitrogens with one attached hydrogen (secondary N) is 6. The van der Waals surface area contributed by atoms with Gasteiger partial charge in [-0.15, -0.1) is 11.8 Å². The van der Waals surface area contributed by atoms with Crippen molar-refractivity contribution < 1.29 is 28.8 Å². The van der Waals surface area contributed by atoms with E-state index in [0.717, 1.165) is 164 Å². The Balaban J connectivity index is 0.000000121. The number of aromatic nitrogens is 13. The van der Waals surface area contributed by atoms with Gasteiger partial charge < -0.3 is 54.7 Å². The molecular formula is C114H113N19O6S. The second kappa shape index (κ2) is 49.4. The number of aryl methyl sites for hydroxylation is 6. The lowest BCUT2D eigenvalue weighted by Gasteiger charge is -2.14. The van der Waals surface area contributed by atoms with Crippen molar-refractivity contribution in [2.24, 2.45) is 0 Å². The molecule has 1 fully saturated rings. The van der Waals surface area contributed by atoms with E-state index >= 15 is 0 Å². The summed E-state index contributed by atoms with van der Waals surface area (Å²) in [5, 5.41) is 18.2. The molecule has 17 aromatic rings. The van der Waals surface area contributed by atoms with E-state index in [-0.39, 0.29) is 48.5 Å². The molecule has 0 spiro atoms. The third-order valence-corrected chi connectivity index (χ3v) is 25.7. The molecule has 21 rings (SSSR count). The predicted molar refractivity (Wildman–Crippen MR) is 555 cm³/mol. The third-order valence-electron chi connectivity index (χ3n) is 24.3. The maximum atomic E-state index is 12.4. The molecule has 25 nitrogen and oxygen atoms in total. The normalized spacial score (nSPS) is 12.6. The van der Waals surface area contributed by atoms with E-state index in [2.05, 4.69) is 137 Å². The highest BCUT2D eigenvalue weighted by atomic mass is 32.2. The van der Waals surface area contributed by atoms with Gasteiger partial charge in [-0.25, -0.2) is 34.9 Å². The van der Waals surface area contributed by atoms with Gasteiger partial charge in [0, 0.05) is 124 Å². The number of anilines is 6. The Morgan fingerprint density at radius 2 is 0.807 bits per heavy atom. The van der Waals surface area contributed by atoms with E-state index in [1.54, 1.807) is 77.6 Å². The molecule has 140 heavy (non-hydrogen) atoms. The summed E-state index contributed by atoms with van der Waals surface area (Å²) >= 11 is 1.96. The number of fused-ring (bicyclic) bond motifs is 3. The standard InChI is InChI=1S/C21H22N4O.C21H21N3O.C20H19N3O.C19H16N2O.C17H16N4O.C16H19N3OS/c1-15-17(16-7-3-2-4-8-16)11-12-20(23-15)24-21(26)13-25-14-22-18-9-5-6-10-19(18)25;25-21(14-24-15-22-19-8-4-5-9-20(19)24)23-18-12-10-17(11-13-18)16-6-2-1-3-7-16;24-20(18-14-23-13-5-4-8-19(23)22-18)21-17-11-9-16(10-12-17)15-6-2-1-3-7-15;22-19(14-15-10-12-20-13-11-15)21-18-8-6-17(7-9-18)16-4-2-1-3-5-16;1-13-18-9-10-21(13)12-17(22)20-16-8-7-15(11-19-16)14-5-3-2-4-6-14;20-16(11-19-10-9-17-12-19)18-13-5-7-15(8-6-13)21-14-3-1-2-4-14/h2-4,7-8,11-12,14H,5-6,9-10,13H2,1H3,(H,23,24,26);1-3,6-7,10-13,15H,4-5,8-9,14H2,(H,23,25);1-3,6-7,9-12,14H,4-5,8,13H2,(H,21,24);1-13H,14H2,(H,21,22);2-11H,12H2,1H3,(H,19,20,22);5-10,12,14H,1-4,11H2,(H,18,20). The Bertz CT molecular complexity index is 6840. The summed E-state index contributed by atoms with van der Waals surface area (Å²) in [5.74, 6) is 2.53. The SMILES string of the molecule is Cc1nc(NC(=O)Cn2cnc3c2CCCC3)ccc1-c1ccccc1.Cc1nccn1CC(=O)Nc1ccc(-c2ccccc2)cn1.O=C(Cc1ccncc1)Nc1ccc(-c2ccccc2)cc1.O=C(Cn1ccnc1)Nc1ccc(SC2CCCC2)cc1.O=C(Cn1cnc2c1CCCC2)Nc1ccc(-c2ccccc2)cc1.O=C(Nc1ccc(-c2ccccc2)cc1)c1cn2c(n1)CCCC2. The third kappa shape index (κ3) is 28.4. The van der Waals surface area contributed by atoms with Crippen molar-refractivity contribution in [1.29, 1.82) is 0 Å². The topological polar surface area (TPSA) is 302 Å². The van der Waals surface area contributed by atoms with E-state index in [1.807, 2.05) is 259 Å². The van der Waals surface area contributed by atoms with Gasteiger partial charge in [-0.05, 0) is 238 Å². The molecule has 0 unspecified atom stereocenters. The fraction of sp³-hybridized carbons (Fsp3) is 0.211. The Kier molecular flexibility index (Phi) is 34.2. The smallest absolute Gasteiger partial charge is 0.275 e. The van der Waals surface area contributed by atoms with E-state index in [0.29, 0.717) is 36.8 Å². The Hall–Kier alpha value is -16.4. The predicted octanol–water partition coefficient (Wildman–Crippen LogP) is 22.4. The second-order valence-corrected chi connectivity index (χ2v) is 35.9. The molecule has 6 amide bonds. The highest BCUT2D eigenvalue weighted by molar-refractivity contribution is 8.00. The van der Waals surface area contributed by atoms with Crippen LogP contribution in [0.5, 0.6) is 0 Å². The summed E-state index contributed by atoms with van der Waals surface area (Å²) in [7, 11) is 0. The van der Waals surface area contributed by atoms with Crippen LogP contribution in [0.4, 0.5) is 34.4 Å². The van der Waals surface area contributed by atoms with Crippen molar-refractivity contribution in [2.45, 2.75) is 159 Å². The maximum absolute atomic E-state index is 12.4. The van der Waals surface area contributed by atoms with Gasteiger partial charge in [0.05, 0.1) is 36.8 Å². The average molecular weight is 1880 g/mol. The molecular weight excluding hydrogens is 1760 g/mol. The minimum atomic E-state index is -0.149. The number of nitrogens with zero attached hydrogens (tertiary/aromatic N) is 13. The fourth-order valence-electron chi connectivity index (χ4n) is 17.1. The lowest BCUT2D eigenvalue weighted by molar-refractivity contribution is -0.117. The van der Waals surface area contributed by atoms with Gasteiger partial charge in [0.25, 0.3) is 5.91 Å². The first-order chi connectivity index (χ1) is 68.6. The van der Waals surface area contributed by atoms with Crippen molar-refractivity contribution in [3.63, 3.8) is 0 Å². The molecule has 6 N–H and O–H groups in total. The van der Waals surface area contributed by atoms with Gasteiger partial charge in [-0.3, -0.25) is 33.8 Å². The van der Waals surface area contributed by atoms with Crippen LogP contribution in [0.1, 0.15) is 120 Å².